The van der Waals surface area contributed by atoms with E-state index in [4.69, 9.17) is 11.6 Å². The normalized spacial score (nSPS) is 15.8. The zero-order chi connectivity index (χ0) is 20.7. The Bertz CT molecular complexity index is 888. The molecule has 0 radical (unpaired) electrons. The third-order valence-corrected chi connectivity index (χ3v) is 7.10. The van der Waals surface area contributed by atoms with Gasteiger partial charge in [0.25, 0.3) is 10.0 Å². The van der Waals surface area contributed by atoms with E-state index in [0.29, 0.717) is 12.2 Å². The molecule has 3 N–H and O–H groups in total. The molecule has 0 atom stereocenters. The van der Waals surface area contributed by atoms with Crippen LogP contribution in [0.25, 0.3) is 0 Å². The number of aromatic nitrogens is 1. The van der Waals surface area contributed by atoms with Gasteiger partial charge in [0, 0.05) is 31.2 Å². The Labute approximate surface area is 179 Å². The Balaban J connectivity index is 1.52. The van der Waals surface area contributed by atoms with E-state index in [2.05, 4.69) is 25.2 Å². The summed E-state index contributed by atoms with van der Waals surface area (Å²) in [6, 6.07) is 2.25. The molecule has 3 rings (SSSR count). The van der Waals surface area contributed by atoms with E-state index < -0.39 is 20.7 Å². The Morgan fingerprint density at radius 1 is 1.28 bits per heavy atom. The minimum Gasteiger partial charge on any atom is -0.384 e. The van der Waals surface area contributed by atoms with Gasteiger partial charge in [-0.05, 0) is 51.0 Å². The van der Waals surface area contributed by atoms with E-state index in [1.54, 1.807) is 5.38 Å². The Morgan fingerprint density at radius 2 is 2.14 bits per heavy atom. The van der Waals surface area contributed by atoms with Crippen molar-refractivity contribution in [1.82, 2.24) is 15.2 Å². The van der Waals surface area contributed by atoms with Crippen LogP contribution in [-0.4, -0.2) is 57.6 Å². The summed E-state index contributed by atoms with van der Waals surface area (Å²) >= 11 is 7.30. The van der Waals surface area contributed by atoms with Crippen molar-refractivity contribution in [2.75, 3.05) is 49.3 Å². The van der Waals surface area contributed by atoms with Gasteiger partial charge < -0.3 is 15.5 Å². The molecule has 0 spiro atoms. The molecule has 1 saturated heterocycles. The summed E-state index contributed by atoms with van der Waals surface area (Å²) in [4.78, 5) is 5.79. The lowest BCUT2D eigenvalue weighted by molar-refractivity contribution is 0.287. The fraction of sp³-hybridized carbons (Fsp3) is 0.500. The highest BCUT2D eigenvalue weighted by Crippen LogP contribution is 2.29. The van der Waals surface area contributed by atoms with Crippen molar-refractivity contribution in [3.05, 3.63) is 34.5 Å². The number of sulfonamides is 1. The highest BCUT2D eigenvalue weighted by atomic mass is 35.5. The summed E-state index contributed by atoms with van der Waals surface area (Å²) in [6.45, 7) is 5.95. The summed E-state index contributed by atoms with van der Waals surface area (Å²) in [6.07, 6.45) is 4.56. The first kappa shape index (κ1) is 22.2. The van der Waals surface area contributed by atoms with E-state index in [9.17, 15) is 12.8 Å². The second-order valence-electron chi connectivity index (χ2n) is 6.78. The highest BCUT2D eigenvalue weighted by molar-refractivity contribution is 7.93. The summed E-state index contributed by atoms with van der Waals surface area (Å²) in [5.41, 5.74) is 0.385. The lowest BCUT2D eigenvalue weighted by Gasteiger charge is -2.19. The van der Waals surface area contributed by atoms with Crippen LogP contribution in [0, 0.1) is 5.82 Å². The Morgan fingerprint density at radius 3 is 2.93 bits per heavy atom. The topological polar surface area (TPSA) is 86.4 Å². The molecule has 160 valence electrons. The molecule has 0 unspecified atom stereocenters. The second kappa shape index (κ2) is 10.5. The van der Waals surface area contributed by atoms with E-state index in [-0.39, 0.29) is 10.2 Å². The van der Waals surface area contributed by atoms with Crippen molar-refractivity contribution in [3.63, 3.8) is 0 Å². The first-order chi connectivity index (χ1) is 14.0. The number of hydrogen-bond acceptors (Lipinski definition) is 7. The standard InChI is InChI=1S/C18H25ClFN5O2S2/c19-14-12-17(29(26,27)24-18-23-7-11-28-18)15(20)13-16(14)22-5-1-2-8-25-9-3-4-21-6-10-25/h7,11-13,21-22H,1-6,8-10H2,(H,23,24). The van der Waals surface area contributed by atoms with Gasteiger partial charge in [0.1, 0.15) is 10.7 Å². The molecular weight excluding hydrogens is 437 g/mol. The molecule has 1 aliphatic heterocycles. The van der Waals surface area contributed by atoms with Crippen LogP contribution >= 0.6 is 22.9 Å². The monoisotopic (exact) mass is 461 g/mol. The van der Waals surface area contributed by atoms with Crippen LogP contribution in [0.5, 0.6) is 0 Å². The zero-order valence-corrected chi connectivity index (χ0v) is 18.3. The van der Waals surface area contributed by atoms with Crippen LogP contribution < -0.4 is 15.4 Å². The largest absolute Gasteiger partial charge is 0.384 e. The van der Waals surface area contributed by atoms with Crippen molar-refractivity contribution in [2.24, 2.45) is 0 Å². The Kier molecular flexibility index (Phi) is 8.07. The summed E-state index contributed by atoms with van der Waals surface area (Å²) in [7, 11) is -4.10. The van der Waals surface area contributed by atoms with E-state index in [1.165, 1.54) is 12.6 Å². The summed E-state index contributed by atoms with van der Waals surface area (Å²) in [5, 5.41) is 8.43. The minimum atomic E-state index is -4.10. The third kappa shape index (κ3) is 6.51. The maximum Gasteiger partial charge on any atom is 0.266 e. The lowest BCUT2D eigenvalue weighted by Crippen LogP contribution is -2.29. The summed E-state index contributed by atoms with van der Waals surface area (Å²) < 4.78 is 41.5. The van der Waals surface area contributed by atoms with Crippen molar-refractivity contribution >= 4 is 43.8 Å². The minimum absolute atomic E-state index is 0.157. The second-order valence-corrected chi connectivity index (χ2v) is 9.74. The van der Waals surface area contributed by atoms with Gasteiger partial charge in [-0.25, -0.2) is 17.8 Å². The predicted molar refractivity (Wildman–Crippen MR) is 116 cm³/mol. The number of unbranched alkanes of at least 4 members (excludes halogenated alkanes) is 1. The smallest absolute Gasteiger partial charge is 0.266 e. The molecule has 29 heavy (non-hydrogen) atoms. The average Bonchev–Trinajstić information content (AvgIpc) is 3.03. The van der Waals surface area contributed by atoms with Crippen LogP contribution in [-0.2, 0) is 10.0 Å². The molecule has 2 heterocycles. The number of halogens is 2. The molecule has 0 bridgehead atoms. The maximum absolute atomic E-state index is 14.5. The van der Waals surface area contributed by atoms with Gasteiger partial charge in [-0.1, -0.05) is 11.6 Å². The van der Waals surface area contributed by atoms with Crippen molar-refractivity contribution in [2.45, 2.75) is 24.2 Å². The first-order valence-electron chi connectivity index (χ1n) is 9.54. The van der Waals surface area contributed by atoms with Crippen LogP contribution in [0.1, 0.15) is 19.3 Å². The van der Waals surface area contributed by atoms with Crippen LogP contribution in [0.4, 0.5) is 15.2 Å². The van der Waals surface area contributed by atoms with Crippen molar-refractivity contribution < 1.29 is 12.8 Å². The van der Waals surface area contributed by atoms with Gasteiger partial charge in [0.05, 0.1) is 10.7 Å². The lowest BCUT2D eigenvalue weighted by atomic mass is 10.2. The number of nitrogens with zero attached hydrogens (tertiary/aromatic N) is 2. The number of rotatable bonds is 9. The predicted octanol–water partition coefficient (Wildman–Crippen LogP) is 3.22. The van der Waals surface area contributed by atoms with Gasteiger partial charge in [-0.2, -0.15) is 0 Å². The van der Waals surface area contributed by atoms with E-state index in [0.717, 1.165) is 69.0 Å². The highest BCUT2D eigenvalue weighted by Gasteiger charge is 2.22. The molecule has 1 fully saturated rings. The maximum atomic E-state index is 14.5. The SMILES string of the molecule is O=S(=O)(Nc1nccs1)c1cc(Cl)c(NCCCCN2CCCNCC2)cc1F. The molecule has 1 aromatic carbocycles. The van der Waals surface area contributed by atoms with Gasteiger partial charge in [0.15, 0.2) is 5.13 Å². The summed E-state index contributed by atoms with van der Waals surface area (Å²) in [5.74, 6) is -0.863. The number of benzene rings is 1. The quantitative estimate of drug-likeness (QED) is 0.497. The molecule has 1 aromatic heterocycles. The number of thiazole rings is 1. The first-order valence-corrected chi connectivity index (χ1v) is 12.3. The molecule has 0 saturated carbocycles. The Hall–Kier alpha value is -1.46. The van der Waals surface area contributed by atoms with Crippen LogP contribution in [0.15, 0.2) is 28.6 Å². The fourth-order valence-corrected chi connectivity index (χ4v) is 5.29. The van der Waals surface area contributed by atoms with E-state index >= 15 is 0 Å². The number of anilines is 2. The molecule has 0 aliphatic carbocycles. The van der Waals surface area contributed by atoms with Gasteiger partial charge in [-0.3, -0.25) is 4.72 Å². The van der Waals surface area contributed by atoms with Crippen molar-refractivity contribution in [1.29, 1.82) is 0 Å². The fourth-order valence-electron chi connectivity index (χ4n) is 3.12. The molecule has 2 aromatic rings. The third-order valence-electron chi connectivity index (χ3n) is 4.61. The number of hydrogen-bond donors (Lipinski definition) is 3. The van der Waals surface area contributed by atoms with Gasteiger partial charge >= 0.3 is 0 Å². The van der Waals surface area contributed by atoms with Crippen molar-refractivity contribution in [3.8, 4) is 0 Å². The molecule has 0 amide bonds. The van der Waals surface area contributed by atoms with Gasteiger partial charge in [-0.15, -0.1) is 11.3 Å². The molecular formula is C18H25ClFN5O2S2. The van der Waals surface area contributed by atoms with Gasteiger partial charge in [0.2, 0.25) is 0 Å². The molecule has 1 aliphatic rings. The molecule has 7 nitrogen and oxygen atoms in total. The zero-order valence-electron chi connectivity index (χ0n) is 16.0. The van der Waals surface area contributed by atoms with E-state index in [1.807, 2.05) is 0 Å². The average molecular weight is 462 g/mol. The van der Waals surface area contributed by atoms with Crippen LogP contribution in [0.3, 0.4) is 0 Å². The molecule has 11 heteroatoms. The van der Waals surface area contributed by atoms with Crippen LogP contribution in [0.2, 0.25) is 5.02 Å². The number of nitrogens with one attached hydrogen (secondary N) is 3.